The molecule has 0 aromatic carbocycles. The largest absolute Gasteiger partial charge is 0.377 e. The van der Waals surface area contributed by atoms with Gasteiger partial charge in [0.2, 0.25) is 0 Å². The van der Waals surface area contributed by atoms with E-state index in [0.29, 0.717) is 18.1 Å². The van der Waals surface area contributed by atoms with E-state index in [1.54, 1.807) is 13.2 Å². The van der Waals surface area contributed by atoms with Gasteiger partial charge in [0.25, 0.3) is 5.91 Å². The average Bonchev–Trinajstić information content (AvgIpc) is 2.88. The van der Waals surface area contributed by atoms with Crippen LogP contribution in [0, 0.1) is 0 Å². The minimum absolute atomic E-state index is 0.0500. The second kappa shape index (κ2) is 6.68. The van der Waals surface area contributed by atoms with E-state index in [4.69, 9.17) is 9.26 Å². The van der Waals surface area contributed by atoms with Crippen LogP contribution in [0.15, 0.2) is 10.6 Å². The molecule has 1 aliphatic rings. The van der Waals surface area contributed by atoms with Crippen molar-refractivity contribution < 1.29 is 14.1 Å². The van der Waals surface area contributed by atoms with Crippen LogP contribution in [-0.2, 0) is 11.3 Å². The molecule has 1 aliphatic heterocycles. The Bertz CT molecular complexity index is 417. The topological polar surface area (TPSA) is 67.6 Å². The molecule has 1 N–H and O–H groups in total. The van der Waals surface area contributed by atoms with Gasteiger partial charge in [-0.3, -0.25) is 4.79 Å². The summed E-state index contributed by atoms with van der Waals surface area (Å²) >= 11 is 0. The number of methoxy groups -OCH3 is 1. The first kappa shape index (κ1) is 14.0. The molecule has 2 rings (SSSR count). The lowest BCUT2D eigenvalue weighted by Gasteiger charge is -2.35. The fourth-order valence-corrected chi connectivity index (χ4v) is 2.49. The highest BCUT2D eigenvalue weighted by Crippen LogP contribution is 2.19. The van der Waals surface area contributed by atoms with Gasteiger partial charge in [-0.2, -0.15) is 0 Å². The number of ether oxygens (including phenoxy) is 1. The summed E-state index contributed by atoms with van der Waals surface area (Å²) in [5.41, 5.74) is 0.370. The molecule has 19 heavy (non-hydrogen) atoms. The minimum atomic E-state index is -0.0500. The normalized spacial score (nSPS) is 19.7. The van der Waals surface area contributed by atoms with E-state index in [-0.39, 0.29) is 11.9 Å². The molecule has 1 aromatic rings. The number of nitrogens with zero attached hydrogens (tertiary/aromatic N) is 2. The third-order valence-electron chi connectivity index (χ3n) is 3.39. The number of carbonyl (C=O) groups excluding carboxylic acids is 1. The van der Waals surface area contributed by atoms with Crippen LogP contribution >= 0.6 is 0 Å². The van der Waals surface area contributed by atoms with Gasteiger partial charge in [0.1, 0.15) is 6.61 Å². The summed E-state index contributed by atoms with van der Waals surface area (Å²) in [6.07, 6.45) is 3.26. The second-order valence-electron chi connectivity index (χ2n) is 4.82. The lowest BCUT2D eigenvalue weighted by atomic mass is 10.0. The molecule has 106 valence electrons. The molecule has 2 heterocycles. The van der Waals surface area contributed by atoms with Crippen LogP contribution in [0.5, 0.6) is 0 Å². The van der Waals surface area contributed by atoms with E-state index < -0.39 is 0 Å². The Morgan fingerprint density at radius 2 is 2.47 bits per heavy atom. The van der Waals surface area contributed by atoms with Crippen LogP contribution < -0.4 is 5.32 Å². The smallest absolute Gasteiger partial charge is 0.276 e. The van der Waals surface area contributed by atoms with Crippen LogP contribution in [-0.4, -0.2) is 49.3 Å². The van der Waals surface area contributed by atoms with Gasteiger partial charge < -0.3 is 19.5 Å². The highest BCUT2D eigenvalue weighted by atomic mass is 16.5. The van der Waals surface area contributed by atoms with Gasteiger partial charge >= 0.3 is 0 Å². The molecular weight excluding hydrogens is 246 g/mol. The van der Waals surface area contributed by atoms with Gasteiger partial charge in [-0.05, 0) is 26.3 Å². The Kier molecular flexibility index (Phi) is 4.93. The summed E-state index contributed by atoms with van der Waals surface area (Å²) in [6, 6.07) is 1.91. The van der Waals surface area contributed by atoms with Crippen molar-refractivity contribution in [2.75, 3.05) is 27.2 Å². The van der Waals surface area contributed by atoms with Crippen LogP contribution in [0.1, 0.15) is 35.5 Å². The van der Waals surface area contributed by atoms with Crippen molar-refractivity contribution in [2.24, 2.45) is 0 Å². The predicted octanol–water partition coefficient (Wildman–Crippen LogP) is 1.04. The molecule has 0 spiro atoms. The first-order chi connectivity index (χ1) is 9.26. The maximum Gasteiger partial charge on any atom is 0.276 e. The Balaban J connectivity index is 2.07. The molecule has 1 unspecified atom stereocenters. The van der Waals surface area contributed by atoms with E-state index >= 15 is 0 Å². The Morgan fingerprint density at radius 3 is 3.21 bits per heavy atom. The number of hydrogen-bond donors (Lipinski definition) is 1. The van der Waals surface area contributed by atoms with Crippen molar-refractivity contribution in [1.82, 2.24) is 15.4 Å². The van der Waals surface area contributed by atoms with Crippen molar-refractivity contribution in [3.63, 3.8) is 0 Å². The van der Waals surface area contributed by atoms with E-state index in [2.05, 4.69) is 10.5 Å². The van der Waals surface area contributed by atoms with Crippen LogP contribution in [0.3, 0.4) is 0 Å². The number of piperidine rings is 1. The molecule has 1 saturated heterocycles. The van der Waals surface area contributed by atoms with Gasteiger partial charge in [-0.1, -0.05) is 5.16 Å². The van der Waals surface area contributed by atoms with Gasteiger partial charge in [0.05, 0.1) is 0 Å². The summed E-state index contributed by atoms with van der Waals surface area (Å²) in [6.45, 7) is 1.94. The van der Waals surface area contributed by atoms with Gasteiger partial charge in [-0.25, -0.2) is 0 Å². The fourth-order valence-electron chi connectivity index (χ4n) is 2.49. The summed E-state index contributed by atoms with van der Waals surface area (Å²) < 4.78 is 10.0. The molecule has 6 heteroatoms. The molecule has 1 atom stereocenters. The molecule has 0 radical (unpaired) electrons. The first-order valence-corrected chi connectivity index (χ1v) is 6.66. The van der Waals surface area contributed by atoms with Crippen LogP contribution in [0.25, 0.3) is 0 Å². The summed E-state index contributed by atoms with van der Waals surface area (Å²) in [7, 11) is 3.49. The summed E-state index contributed by atoms with van der Waals surface area (Å²) in [5.74, 6) is 0.527. The third-order valence-corrected chi connectivity index (χ3v) is 3.39. The maximum atomic E-state index is 12.4. The number of aromatic nitrogens is 1. The lowest BCUT2D eigenvalue weighted by molar-refractivity contribution is 0.0604. The fraction of sp³-hybridized carbons (Fsp3) is 0.692. The SMILES string of the molecule is CNCC1CCCCN1C(=O)c1cc(COC)on1. The zero-order valence-electron chi connectivity index (χ0n) is 11.5. The monoisotopic (exact) mass is 267 g/mol. The van der Waals surface area contributed by atoms with Crippen LogP contribution in [0.2, 0.25) is 0 Å². The molecule has 0 bridgehead atoms. The van der Waals surface area contributed by atoms with Gasteiger partial charge in [0.15, 0.2) is 11.5 Å². The maximum absolute atomic E-state index is 12.4. The molecule has 1 amide bonds. The average molecular weight is 267 g/mol. The molecule has 6 nitrogen and oxygen atoms in total. The van der Waals surface area contributed by atoms with E-state index in [1.807, 2.05) is 11.9 Å². The van der Waals surface area contributed by atoms with E-state index in [9.17, 15) is 4.79 Å². The lowest BCUT2D eigenvalue weighted by Crippen LogP contribution is -2.48. The van der Waals surface area contributed by atoms with Crippen molar-refractivity contribution >= 4 is 5.91 Å². The van der Waals surface area contributed by atoms with Gasteiger partial charge in [0, 0.05) is 32.3 Å². The van der Waals surface area contributed by atoms with Crippen molar-refractivity contribution in [3.8, 4) is 0 Å². The summed E-state index contributed by atoms with van der Waals surface area (Å²) in [4.78, 5) is 14.3. The number of likely N-dealkylation sites (N-methyl/N-ethyl adjacent to an activating group) is 1. The number of hydrogen-bond acceptors (Lipinski definition) is 5. The second-order valence-corrected chi connectivity index (χ2v) is 4.82. The number of carbonyl (C=O) groups is 1. The minimum Gasteiger partial charge on any atom is -0.377 e. The van der Waals surface area contributed by atoms with Gasteiger partial charge in [-0.15, -0.1) is 0 Å². The van der Waals surface area contributed by atoms with E-state index in [0.717, 1.165) is 25.9 Å². The molecule has 1 aromatic heterocycles. The first-order valence-electron chi connectivity index (χ1n) is 6.66. The van der Waals surface area contributed by atoms with Crippen LogP contribution in [0.4, 0.5) is 0 Å². The molecule has 0 saturated carbocycles. The number of rotatable bonds is 5. The Hall–Kier alpha value is -1.40. The molecule has 0 aliphatic carbocycles. The van der Waals surface area contributed by atoms with Crippen molar-refractivity contribution in [2.45, 2.75) is 31.9 Å². The predicted molar refractivity (Wildman–Crippen MR) is 69.8 cm³/mol. The van der Waals surface area contributed by atoms with E-state index in [1.165, 1.54) is 6.42 Å². The molecular formula is C13H21N3O3. The summed E-state index contributed by atoms with van der Waals surface area (Å²) in [5, 5.41) is 6.98. The third kappa shape index (κ3) is 3.33. The Labute approximate surface area is 113 Å². The number of nitrogens with one attached hydrogen (secondary N) is 1. The quantitative estimate of drug-likeness (QED) is 0.863. The number of amides is 1. The highest BCUT2D eigenvalue weighted by Gasteiger charge is 2.28. The Morgan fingerprint density at radius 1 is 1.63 bits per heavy atom. The van der Waals surface area contributed by atoms with Crippen molar-refractivity contribution in [1.29, 1.82) is 0 Å². The molecule has 1 fully saturated rings. The number of likely N-dealkylation sites (tertiary alicyclic amines) is 1. The standard InChI is InChI=1S/C13H21N3O3/c1-14-8-10-5-3-4-6-16(10)13(17)12-7-11(9-18-2)19-15-12/h7,10,14H,3-6,8-9H2,1-2H3. The highest BCUT2D eigenvalue weighted by molar-refractivity contribution is 5.92. The zero-order chi connectivity index (χ0) is 13.7. The zero-order valence-corrected chi connectivity index (χ0v) is 11.5. The van der Waals surface area contributed by atoms with Crippen molar-refractivity contribution in [3.05, 3.63) is 17.5 Å².